The third-order valence-corrected chi connectivity index (χ3v) is 3.93. The van der Waals surface area contributed by atoms with Gasteiger partial charge in [0.25, 0.3) is 5.91 Å². The summed E-state index contributed by atoms with van der Waals surface area (Å²) in [4.78, 5) is 26.8. The summed E-state index contributed by atoms with van der Waals surface area (Å²) in [5, 5.41) is 11.3. The van der Waals surface area contributed by atoms with Crippen LogP contribution in [0.1, 0.15) is 80.8 Å². The lowest BCUT2D eigenvalue weighted by molar-refractivity contribution is -0.137. The SMILES string of the molecule is CCCCCCCC/C=C/c1cccnc1C(=O)NCCCC(=O)O. The van der Waals surface area contributed by atoms with Crippen molar-refractivity contribution in [1.82, 2.24) is 10.3 Å². The highest BCUT2D eigenvalue weighted by Gasteiger charge is 2.10. The molecule has 0 aliphatic carbocycles. The standard InChI is InChI=1S/C20H30N2O3/c1-2-3-4-5-6-7-8-9-12-17-13-10-15-21-19(17)20(25)22-16-11-14-18(23)24/h9-10,12-13,15H,2-8,11,14,16H2,1H3,(H,22,25)(H,23,24)/b12-9+. The van der Waals surface area contributed by atoms with Crippen LogP contribution in [0.15, 0.2) is 24.4 Å². The molecule has 1 heterocycles. The number of aromatic nitrogens is 1. The van der Waals surface area contributed by atoms with Gasteiger partial charge in [-0.05, 0) is 25.3 Å². The average molecular weight is 346 g/mol. The second-order valence-corrected chi connectivity index (χ2v) is 6.15. The van der Waals surface area contributed by atoms with Crippen molar-refractivity contribution in [2.45, 2.75) is 64.7 Å². The molecule has 0 aliphatic heterocycles. The number of carboxylic acid groups (broad SMARTS) is 1. The van der Waals surface area contributed by atoms with E-state index in [1.807, 2.05) is 18.2 Å². The molecule has 0 aliphatic rings. The van der Waals surface area contributed by atoms with Gasteiger partial charge in [-0.1, -0.05) is 57.2 Å². The molecule has 1 aromatic heterocycles. The molecule has 1 rings (SSSR count). The van der Waals surface area contributed by atoms with E-state index in [0.29, 0.717) is 18.7 Å². The molecular formula is C20H30N2O3. The Morgan fingerprint density at radius 2 is 1.92 bits per heavy atom. The Bertz CT molecular complexity index is 556. The van der Waals surface area contributed by atoms with Crippen molar-refractivity contribution in [2.75, 3.05) is 6.54 Å². The number of pyridine rings is 1. The van der Waals surface area contributed by atoms with Crippen LogP contribution in [-0.2, 0) is 4.79 Å². The number of unbranched alkanes of at least 4 members (excludes halogenated alkanes) is 6. The predicted octanol–water partition coefficient (Wildman–Crippen LogP) is 4.44. The van der Waals surface area contributed by atoms with E-state index < -0.39 is 5.97 Å². The van der Waals surface area contributed by atoms with Crippen LogP contribution in [0.2, 0.25) is 0 Å². The Morgan fingerprint density at radius 1 is 1.16 bits per heavy atom. The van der Waals surface area contributed by atoms with E-state index >= 15 is 0 Å². The van der Waals surface area contributed by atoms with Gasteiger partial charge in [-0.3, -0.25) is 14.6 Å². The fraction of sp³-hybridized carbons (Fsp3) is 0.550. The van der Waals surface area contributed by atoms with E-state index in [0.717, 1.165) is 18.4 Å². The number of carbonyl (C=O) groups excluding carboxylic acids is 1. The number of allylic oxidation sites excluding steroid dienone is 1. The van der Waals surface area contributed by atoms with Crippen molar-refractivity contribution in [3.05, 3.63) is 35.7 Å². The lowest BCUT2D eigenvalue weighted by Gasteiger charge is -2.06. The molecule has 0 unspecified atom stereocenters. The van der Waals surface area contributed by atoms with Crippen molar-refractivity contribution >= 4 is 18.0 Å². The van der Waals surface area contributed by atoms with Gasteiger partial charge in [0, 0.05) is 24.7 Å². The summed E-state index contributed by atoms with van der Waals surface area (Å²) in [5.74, 6) is -1.12. The molecule has 0 bridgehead atoms. The van der Waals surface area contributed by atoms with Gasteiger partial charge in [0.15, 0.2) is 0 Å². The maximum atomic E-state index is 12.2. The van der Waals surface area contributed by atoms with Crippen LogP contribution in [0.3, 0.4) is 0 Å². The highest BCUT2D eigenvalue weighted by atomic mass is 16.4. The van der Waals surface area contributed by atoms with E-state index in [9.17, 15) is 9.59 Å². The van der Waals surface area contributed by atoms with Crippen LogP contribution in [0.5, 0.6) is 0 Å². The molecule has 0 saturated carbocycles. The lowest BCUT2D eigenvalue weighted by Crippen LogP contribution is -2.26. The highest BCUT2D eigenvalue weighted by Crippen LogP contribution is 2.11. The molecule has 5 nitrogen and oxygen atoms in total. The van der Waals surface area contributed by atoms with E-state index in [1.54, 1.807) is 6.20 Å². The van der Waals surface area contributed by atoms with Crippen LogP contribution in [0.25, 0.3) is 6.08 Å². The molecule has 0 saturated heterocycles. The van der Waals surface area contributed by atoms with E-state index in [2.05, 4.69) is 23.3 Å². The van der Waals surface area contributed by atoms with Crippen molar-refractivity contribution < 1.29 is 14.7 Å². The van der Waals surface area contributed by atoms with E-state index in [4.69, 9.17) is 5.11 Å². The smallest absolute Gasteiger partial charge is 0.303 e. The van der Waals surface area contributed by atoms with Crippen LogP contribution >= 0.6 is 0 Å². The third kappa shape index (κ3) is 9.65. The quantitative estimate of drug-likeness (QED) is 0.518. The van der Waals surface area contributed by atoms with Crippen LogP contribution in [0.4, 0.5) is 0 Å². The summed E-state index contributed by atoms with van der Waals surface area (Å²) in [6, 6.07) is 3.68. The van der Waals surface area contributed by atoms with Crippen molar-refractivity contribution in [1.29, 1.82) is 0 Å². The Morgan fingerprint density at radius 3 is 2.68 bits per heavy atom. The first kappa shape index (κ1) is 20.9. The maximum Gasteiger partial charge on any atom is 0.303 e. The summed E-state index contributed by atoms with van der Waals surface area (Å²) < 4.78 is 0. The summed E-state index contributed by atoms with van der Waals surface area (Å²) in [6.45, 7) is 2.55. The van der Waals surface area contributed by atoms with Gasteiger partial charge in [-0.25, -0.2) is 0 Å². The number of nitrogens with one attached hydrogen (secondary N) is 1. The molecule has 2 N–H and O–H groups in total. The lowest BCUT2D eigenvalue weighted by atomic mass is 10.1. The second kappa shape index (κ2) is 13.2. The molecular weight excluding hydrogens is 316 g/mol. The fourth-order valence-corrected chi connectivity index (χ4v) is 2.52. The van der Waals surface area contributed by atoms with Gasteiger partial charge in [0.1, 0.15) is 5.69 Å². The van der Waals surface area contributed by atoms with Crippen LogP contribution < -0.4 is 5.32 Å². The number of carbonyl (C=O) groups is 2. The molecule has 1 amide bonds. The number of nitrogens with zero attached hydrogens (tertiary/aromatic N) is 1. The molecule has 138 valence electrons. The summed E-state index contributed by atoms with van der Waals surface area (Å²) >= 11 is 0. The number of hydrogen-bond donors (Lipinski definition) is 2. The minimum atomic E-state index is -0.856. The first-order valence-electron chi connectivity index (χ1n) is 9.26. The van der Waals surface area contributed by atoms with Gasteiger partial charge < -0.3 is 10.4 Å². The molecule has 0 aromatic carbocycles. The molecule has 1 aromatic rings. The third-order valence-electron chi connectivity index (χ3n) is 3.93. The second-order valence-electron chi connectivity index (χ2n) is 6.15. The Kier molecular flexibility index (Phi) is 11.0. The number of amides is 1. The topological polar surface area (TPSA) is 79.3 Å². The van der Waals surface area contributed by atoms with Crippen LogP contribution in [-0.4, -0.2) is 28.5 Å². The average Bonchev–Trinajstić information content (AvgIpc) is 2.61. The highest BCUT2D eigenvalue weighted by molar-refractivity contribution is 5.95. The zero-order valence-corrected chi connectivity index (χ0v) is 15.2. The monoisotopic (exact) mass is 346 g/mol. The first-order chi connectivity index (χ1) is 12.1. The van der Waals surface area contributed by atoms with Crippen molar-refractivity contribution in [3.63, 3.8) is 0 Å². The summed E-state index contributed by atoms with van der Waals surface area (Å²) in [6.07, 6.45) is 14.7. The minimum absolute atomic E-state index is 0.0491. The Labute approximate surface area is 150 Å². The molecule has 0 atom stereocenters. The Balaban J connectivity index is 2.40. The number of rotatable bonds is 13. The zero-order chi connectivity index (χ0) is 18.3. The van der Waals surface area contributed by atoms with Crippen molar-refractivity contribution in [3.8, 4) is 0 Å². The molecule has 0 radical (unpaired) electrons. The normalized spacial score (nSPS) is 10.9. The zero-order valence-electron chi connectivity index (χ0n) is 15.2. The molecule has 0 spiro atoms. The number of aliphatic carboxylic acids is 1. The predicted molar refractivity (Wildman–Crippen MR) is 100 cm³/mol. The first-order valence-corrected chi connectivity index (χ1v) is 9.26. The number of carboxylic acids is 1. The molecule has 5 heteroatoms. The summed E-state index contributed by atoms with van der Waals surface area (Å²) in [5.41, 5.74) is 1.18. The summed E-state index contributed by atoms with van der Waals surface area (Å²) in [7, 11) is 0. The Hall–Kier alpha value is -2.17. The van der Waals surface area contributed by atoms with E-state index in [-0.39, 0.29) is 12.3 Å². The maximum absolute atomic E-state index is 12.2. The van der Waals surface area contributed by atoms with Gasteiger partial charge in [-0.15, -0.1) is 0 Å². The van der Waals surface area contributed by atoms with Crippen molar-refractivity contribution in [2.24, 2.45) is 0 Å². The molecule has 25 heavy (non-hydrogen) atoms. The minimum Gasteiger partial charge on any atom is -0.481 e. The van der Waals surface area contributed by atoms with Crippen LogP contribution in [0, 0.1) is 0 Å². The van der Waals surface area contributed by atoms with Gasteiger partial charge >= 0.3 is 5.97 Å². The van der Waals surface area contributed by atoms with Gasteiger partial charge in [-0.2, -0.15) is 0 Å². The largest absolute Gasteiger partial charge is 0.481 e. The molecule has 0 fully saturated rings. The van der Waals surface area contributed by atoms with Gasteiger partial charge in [0.05, 0.1) is 0 Å². The number of hydrogen-bond acceptors (Lipinski definition) is 3. The fourth-order valence-electron chi connectivity index (χ4n) is 2.52. The van der Waals surface area contributed by atoms with E-state index in [1.165, 1.54) is 32.1 Å². The van der Waals surface area contributed by atoms with Gasteiger partial charge in [0.2, 0.25) is 0 Å².